The number of carbonyl (C=O) groups excluding carboxylic acids is 3. The van der Waals surface area contributed by atoms with Gasteiger partial charge in [0.25, 0.3) is 5.91 Å². The number of hydrazone groups is 1. The smallest absolute Gasteiger partial charge is 0.416 e. The number of carbonyl (C=O) groups is 3. The third kappa shape index (κ3) is 8.75. The predicted molar refractivity (Wildman–Crippen MR) is 141 cm³/mol. The van der Waals surface area contributed by atoms with E-state index in [9.17, 15) is 27.6 Å². The van der Waals surface area contributed by atoms with Crippen molar-refractivity contribution in [3.8, 4) is 17.2 Å². The lowest BCUT2D eigenvalue weighted by Crippen LogP contribution is -2.32. The van der Waals surface area contributed by atoms with Gasteiger partial charge in [-0.25, -0.2) is 5.43 Å². The minimum Gasteiger partial charge on any atom is -0.497 e. The third-order valence-corrected chi connectivity index (χ3v) is 5.03. The zero-order valence-electron chi connectivity index (χ0n) is 21.4. The number of nitrogens with one attached hydrogen (secondary N) is 3. The molecule has 0 fully saturated rings. The minimum absolute atomic E-state index is 0.0280. The van der Waals surface area contributed by atoms with Crippen LogP contribution >= 0.6 is 0 Å². The molecule has 0 saturated carbocycles. The van der Waals surface area contributed by atoms with Crippen molar-refractivity contribution < 1.29 is 41.8 Å². The molecule has 210 valence electrons. The van der Waals surface area contributed by atoms with Crippen LogP contribution in [0.5, 0.6) is 17.2 Å². The number of alkyl halides is 3. The van der Waals surface area contributed by atoms with E-state index < -0.39 is 36.1 Å². The van der Waals surface area contributed by atoms with Gasteiger partial charge in [-0.05, 0) is 73.2 Å². The Morgan fingerprint density at radius 3 is 2.30 bits per heavy atom. The van der Waals surface area contributed by atoms with Gasteiger partial charge in [-0.3, -0.25) is 14.4 Å². The van der Waals surface area contributed by atoms with Crippen LogP contribution < -0.4 is 30.3 Å². The van der Waals surface area contributed by atoms with E-state index in [1.54, 1.807) is 37.3 Å². The van der Waals surface area contributed by atoms with Gasteiger partial charge < -0.3 is 24.8 Å². The lowest BCUT2D eigenvalue weighted by molar-refractivity contribution is -0.137. The van der Waals surface area contributed by atoms with E-state index in [-0.39, 0.29) is 23.8 Å². The highest BCUT2D eigenvalue weighted by molar-refractivity contribution is 6.39. The van der Waals surface area contributed by atoms with E-state index >= 15 is 0 Å². The normalized spacial score (nSPS) is 11.0. The molecule has 0 radical (unpaired) electrons. The predicted octanol–water partition coefficient (Wildman–Crippen LogP) is 4.22. The van der Waals surface area contributed by atoms with Gasteiger partial charge >= 0.3 is 18.0 Å². The highest BCUT2D eigenvalue weighted by Crippen LogP contribution is 2.31. The van der Waals surface area contributed by atoms with Gasteiger partial charge in [0.1, 0.15) is 5.75 Å². The van der Waals surface area contributed by atoms with Crippen molar-refractivity contribution in [1.82, 2.24) is 5.43 Å². The molecule has 0 unspecified atom stereocenters. The zero-order chi connectivity index (χ0) is 29.1. The van der Waals surface area contributed by atoms with Crippen LogP contribution in [0, 0.1) is 0 Å². The second-order valence-electron chi connectivity index (χ2n) is 7.94. The number of benzene rings is 3. The molecule has 0 bridgehead atoms. The molecule has 3 amide bonds. The Bertz CT molecular complexity index is 1380. The Kier molecular flexibility index (Phi) is 10.1. The molecular weight excluding hydrogens is 533 g/mol. The van der Waals surface area contributed by atoms with Crippen molar-refractivity contribution in [1.29, 1.82) is 0 Å². The number of nitrogens with zero attached hydrogens (tertiary/aromatic N) is 1. The quantitative estimate of drug-likeness (QED) is 0.194. The van der Waals surface area contributed by atoms with E-state index in [4.69, 9.17) is 14.2 Å². The Morgan fingerprint density at radius 2 is 1.62 bits per heavy atom. The number of halogens is 3. The number of rotatable bonds is 10. The summed E-state index contributed by atoms with van der Waals surface area (Å²) in [6.45, 7) is 1.49. The summed E-state index contributed by atoms with van der Waals surface area (Å²) in [6.07, 6.45) is -3.27. The van der Waals surface area contributed by atoms with Crippen LogP contribution in [0.2, 0.25) is 0 Å². The summed E-state index contributed by atoms with van der Waals surface area (Å²) >= 11 is 0. The number of methoxy groups -OCH3 is 1. The fourth-order valence-electron chi connectivity index (χ4n) is 3.18. The number of anilines is 2. The van der Waals surface area contributed by atoms with Crippen LogP contribution in [0.4, 0.5) is 24.5 Å². The second kappa shape index (κ2) is 13.6. The Labute approximate surface area is 227 Å². The van der Waals surface area contributed by atoms with Gasteiger partial charge in [0.05, 0.1) is 25.5 Å². The Morgan fingerprint density at radius 1 is 0.875 bits per heavy atom. The molecule has 10 nitrogen and oxygen atoms in total. The summed E-state index contributed by atoms with van der Waals surface area (Å²) in [7, 11) is 1.50. The van der Waals surface area contributed by atoms with Crippen LogP contribution in [0.25, 0.3) is 0 Å². The molecule has 0 spiro atoms. The first kappa shape index (κ1) is 29.5. The van der Waals surface area contributed by atoms with Crippen LogP contribution in [0.1, 0.15) is 18.1 Å². The first-order valence-corrected chi connectivity index (χ1v) is 11.7. The van der Waals surface area contributed by atoms with Gasteiger partial charge in [0, 0.05) is 11.4 Å². The van der Waals surface area contributed by atoms with Gasteiger partial charge in [0.2, 0.25) is 0 Å². The molecule has 0 saturated heterocycles. The highest BCUT2D eigenvalue weighted by atomic mass is 19.4. The van der Waals surface area contributed by atoms with E-state index in [0.717, 1.165) is 12.1 Å². The summed E-state index contributed by atoms with van der Waals surface area (Å²) in [6, 6.07) is 15.2. The molecule has 0 aliphatic rings. The molecule has 0 aliphatic carbocycles. The van der Waals surface area contributed by atoms with Crippen LogP contribution in [0.15, 0.2) is 71.8 Å². The van der Waals surface area contributed by atoms with E-state index in [1.165, 1.54) is 37.6 Å². The summed E-state index contributed by atoms with van der Waals surface area (Å²) in [5, 5.41) is 8.54. The average molecular weight is 559 g/mol. The van der Waals surface area contributed by atoms with Crippen molar-refractivity contribution >= 4 is 35.3 Å². The maximum Gasteiger partial charge on any atom is 0.416 e. The molecule has 3 aromatic rings. The van der Waals surface area contributed by atoms with Crippen molar-refractivity contribution in [3.05, 3.63) is 77.9 Å². The lowest BCUT2D eigenvalue weighted by Gasteiger charge is -2.13. The number of amides is 3. The Hall–Kier alpha value is -5.07. The monoisotopic (exact) mass is 558 g/mol. The van der Waals surface area contributed by atoms with Crippen molar-refractivity contribution in [2.24, 2.45) is 5.10 Å². The maximum absolute atomic E-state index is 12.9. The molecule has 3 rings (SSSR count). The summed E-state index contributed by atoms with van der Waals surface area (Å²) in [4.78, 5) is 36.3. The zero-order valence-corrected chi connectivity index (χ0v) is 21.4. The third-order valence-electron chi connectivity index (χ3n) is 5.03. The number of hydrogen-bond acceptors (Lipinski definition) is 7. The molecule has 0 atom stereocenters. The molecule has 40 heavy (non-hydrogen) atoms. The van der Waals surface area contributed by atoms with Crippen LogP contribution in [-0.4, -0.2) is 44.3 Å². The summed E-state index contributed by atoms with van der Waals surface area (Å²) in [5.74, 6) is -1.56. The van der Waals surface area contributed by atoms with Gasteiger partial charge in [-0.2, -0.15) is 18.3 Å². The van der Waals surface area contributed by atoms with Crippen molar-refractivity contribution in [2.45, 2.75) is 13.1 Å². The molecule has 0 aromatic heterocycles. The summed E-state index contributed by atoms with van der Waals surface area (Å²) < 4.78 is 54.7. The highest BCUT2D eigenvalue weighted by Gasteiger charge is 2.30. The summed E-state index contributed by atoms with van der Waals surface area (Å²) in [5.41, 5.74) is 2.06. The van der Waals surface area contributed by atoms with E-state index in [0.29, 0.717) is 17.0 Å². The topological polar surface area (TPSA) is 127 Å². The van der Waals surface area contributed by atoms with Crippen molar-refractivity contribution in [2.75, 3.05) is 31.0 Å². The van der Waals surface area contributed by atoms with Gasteiger partial charge in [-0.1, -0.05) is 6.07 Å². The molecule has 3 N–H and O–H groups in total. The maximum atomic E-state index is 12.9. The SMILES string of the molecule is CCOc1cc(/C=N\NC(=O)C(=O)Nc2ccc(OC)cc2)ccc1OCC(=O)Nc1cccc(C(F)(F)F)c1. The standard InChI is InChI=1S/C27H25F3N4O6/c1-3-39-23-13-17(15-31-34-26(37)25(36)33-19-8-10-21(38-2)11-9-19)7-12-22(23)40-16-24(35)32-20-6-4-5-18(14-20)27(28,29)30/h4-15H,3,16H2,1-2H3,(H,32,35)(H,33,36)(H,34,37)/b31-15-. The van der Waals surface area contributed by atoms with E-state index in [1.807, 2.05) is 0 Å². The second-order valence-corrected chi connectivity index (χ2v) is 7.94. The first-order valence-electron chi connectivity index (χ1n) is 11.7. The largest absolute Gasteiger partial charge is 0.497 e. The first-order chi connectivity index (χ1) is 19.1. The number of hydrogen-bond donors (Lipinski definition) is 3. The molecule has 0 aliphatic heterocycles. The fourth-order valence-corrected chi connectivity index (χ4v) is 3.18. The molecule has 13 heteroatoms. The fraction of sp³-hybridized carbons (Fsp3) is 0.185. The van der Waals surface area contributed by atoms with Gasteiger partial charge in [-0.15, -0.1) is 0 Å². The molecule has 0 heterocycles. The van der Waals surface area contributed by atoms with Crippen LogP contribution in [-0.2, 0) is 20.6 Å². The van der Waals surface area contributed by atoms with E-state index in [2.05, 4.69) is 21.2 Å². The van der Waals surface area contributed by atoms with Crippen LogP contribution in [0.3, 0.4) is 0 Å². The lowest BCUT2D eigenvalue weighted by atomic mass is 10.2. The Balaban J connectivity index is 1.55. The average Bonchev–Trinajstić information content (AvgIpc) is 2.93. The van der Waals surface area contributed by atoms with Gasteiger partial charge in [0.15, 0.2) is 18.1 Å². The number of ether oxygens (including phenoxy) is 3. The minimum atomic E-state index is -4.54. The molecule has 3 aromatic carbocycles. The van der Waals surface area contributed by atoms with Crippen molar-refractivity contribution in [3.63, 3.8) is 0 Å². The molecular formula is C27H25F3N4O6.